The van der Waals surface area contributed by atoms with E-state index in [-0.39, 0.29) is 43.2 Å². The molecular formula is C11H19NO4. The fourth-order valence-electron chi connectivity index (χ4n) is 1.99. The van der Waals surface area contributed by atoms with Gasteiger partial charge in [-0.15, -0.1) is 0 Å². The van der Waals surface area contributed by atoms with Crippen molar-refractivity contribution in [3.8, 4) is 0 Å². The summed E-state index contributed by atoms with van der Waals surface area (Å²) in [6, 6.07) is -0.0243. The number of amides is 1. The molecule has 2 rings (SSSR count). The van der Waals surface area contributed by atoms with E-state index in [1.807, 2.05) is 20.8 Å². The molecule has 2 heterocycles. The molecule has 0 saturated carbocycles. The van der Waals surface area contributed by atoms with Gasteiger partial charge in [0.05, 0.1) is 24.4 Å². The Bertz CT molecular complexity index is 261. The first-order valence-corrected chi connectivity index (χ1v) is 5.78. The average molecular weight is 229 g/mol. The largest absolute Gasteiger partial charge is 0.367 e. The van der Waals surface area contributed by atoms with Crippen LogP contribution < -0.4 is 5.32 Å². The quantitative estimate of drug-likeness (QED) is 0.746. The van der Waals surface area contributed by atoms with Crippen LogP contribution in [-0.4, -0.2) is 43.2 Å². The van der Waals surface area contributed by atoms with E-state index in [4.69, 9.17) is 14.2 Å². The smallest absolute Gasteiger partial charge is 0.246 e. The van der Waals surface area contributed by atoms with Crippen molar-refractivity contribution in [3.63, 3.8) is 0 Å². The van der Waals surface area contributed by atoms with E-state index in [1.54, 1.807) is 0 Å². The van der Waals surface area contributed by atoms with Gasteiger partial charge >= 0.3 is 0 Å². The third-order valence-corrected chi connectivity index (χ3v) is 3.23. The van der Waals surface area contributed by atoms with Crippen molar-refractivity contribution < 1.29 is 19.0 Å². The molecule has 2 fully saturated rings. The van der Waals surface area contributed by atoms with E-state index in [2.05, 4.69) is 5.32 Å². The molecule has 2 aliphatic rings. The highest BCUT2D eigenvalue weighted by Gasteiger charge is 2.35. The number of morpholine rings is 1. The molecule has 0 radical (unpaired) electrons. The highest BCUT2D eigenvalue weighted by Crippen LogP contribution is 2.23. The van der Waals surface area contributed by atoms with Gasteiger partial charge in [-0.25, -0.2) is 0 Å². The maximum absolute atomic E-state index is 11.2. The Morgan fingerprint density at radius 1 is 1.19 bits per heavy atom. The number of ether oxygens (including phenoxy) is 3. The van der Waals surface area contributed by atoms with Gasteiger partial charge < -0.3 is 19.5 Å². The molecule has 5 atom stereocenters. The van der Waals surface area contributed by atoms with E-state index in [0.717, 1.165) is 0 Å². The highest BCUT2D eigenvalue weighted by atomic mass is 16.7. The van der Waals surface area contributed by atoms with Crippen molar-refractivity contribution >= 4 is 5.91 Å². The third-order valence-electron chi connectivity index (χ3n) is 3.23. The molecule has 0 aromatic heterocycles. The molecule has 0 bridgehead atoms. The summed E-state index contributed by atoms with van der Waals surface area (Å²) in [5.74, 6) is -0.0674. The van der Waals surface area contributed by atoms with Gasteiger partial charge in [0.2, 0.25) is 5.91 Å². The second-order valence-electron chi connectivity index (χ2n) is 4.54. The predicted molar refractivity (Wildman–Crippen MR) is 56.8 cm³/mol. The SMILES string of the molecule is C[C@@H]1OC(C[C@@H]2NC(=O)CO[C@@H]2C)O[C@@H]1C. The number of carbonyl (C=O) groups is 1. The Morgan fingerprint density at radius 3 is 2.44 bits per heavy atom. The first-order chi connectivity index (χ1) is 7.56. The monoisotopic (exact) mass is 229 g/mol. The van der Waals surface area contributed by atoms with Crippen molar-refractivity contribution in [2.45, 2.75) is 57.8 Å². The Labute approximate surface area is 95.4 Å². The molecule has 2 aliphatic heterocycles. The van der Waals surface area contributed by atoms with Crippen LogP contribution in [-0.2, 0) is 19.0 Å². The summed E-state index contributed by atoms with van der Waals surface area (Å²) in [5, 5.41) is 2.90. The van der Waals surface area contributed by atoms with Crippen LogP contribution in [0, 0.1) is 0 Å². The van der Waals surface area contributed by atoms with Crippen molar-refractivity contribution in [1.29, 1.82) is 0 Å². The van der Waals surface area contributed by atoms with E-state index >= 15 is 0 Å². The van der Waals surface area contributed by atoms with Crippen LogP contribution in [0.3, 0.4) is 0 Å². The summed E-state index contributed by atoms with van der Waals surface area (Å²) in [4.78, 5) is 11.2. The van der Waals surface area contributed by atoms with Gasteiger partial charge in [-0.1, -0.05) is 0 Å². The maximum Gasteiger partial charge on any atom is 0.246 e. The van der Waals surface area contributed by atoms with Crippen LogP contribution in [0.25, 0.3) is 0 Å². The normalized spacial score (nSPS) is 44.4. The van der Waals surface area contributed by atoms with Crippen molar-refractivity contribution in [2.24, 2.45) is 0 Å². The lowest BCUT2D eigenvalue weighted by Crippen LogP contribution is -2.51. The lowest BCUT2D eigenvalue weighted by Gasteiger charge is -2.31. The van der Waals surface area contributed by atoms with Crippen LogP contribution >= 0.6 is 0 Å². The Balaban J connectivity index is 1.86. The van der Waals surface area contributed by atoms with Crippen molar-refractivity contribution in [2.75, 3.05) is 6.61 Å². The molecule has 0 aromatic carbocycles. The number of hydrogen-bond donors (Lipinski definition) is 1. The van der Waals surface area contributed by atoms with Crippen LogP contribution in [0.5, 0.6) is 0 Å². The first kappa shape index (κ1) is 11.8. The lowest BCUT2D eigenvalue weighted by molar-refractivity contribution is -0.140. The summed E-state index contributed by atoms with van der Waals surface area (Å²) in [6.45, 7) is 6.08. The minimum atomic E-state index is -0.237. The molecule has 1 unspecified atom stereocenters. The maximum atomic E-state index is 11.2. The van der Waals surface area contributed by atoms with Crippen molar-refractivity contribution in [1.82, 2.24) is 5.32 Å². The van der Waals surface area contributed by atoms with Gasteiger partial charge in [-0.2, -0.15) is 0 Å². The van der Waals surface area contributed by atoms with Gasteiger partial charge in [0.25, 0.3) is 0 Å². The molecule has 92 valence electrons. The van der Waals surface area contributed by atoms with E-state index in [9.17, 15) is 4.79 Å². The molecule has 5 heteroatoms. The lowest BCUT2D eigenvalue weighted by atomic mass is 10.1. The molecule has 1 N–H and O–H groups in total. The standard InChI is InChI=1S/C11H19NO4/c1-6-7(2)16-11(15-6)4-9-8(3)14-5-10(13)12-9/h6-9,11H,4-5H2,1-3H3,(H,12,13)/t6-,7+,8-,9+,11?/m1/s1. The number of nitrogens with one attached hydrogen (secondary N) is 1. The number of carbonyl (C=O) groups excluding carboxylic acids is 1. The second-order valence-corrected chi connectivity index (χ2v) is 4.54. The van der Waals surface area contributed by atoms with E-state index < -0.39 is 0 Å². The zero-order chi connectivity index (χ0) is 11.7. The minimum absolute atomic E-state index is 0.0103. The summed E-state index contributed by atoms with van der Waals surface area (Å²) in [6.07, 6.45) is 0.637. The molecule has 5 nitrogen and oxygen atoms in total. The fourth-order valence-corrected chi connectivity index (χ4v) is 1.99. The summed E-state index contributed by atoms with van der Waals surface area (Å²) >= 11 is 0. The zero-order valence-corrected chi connectivity index (χ0v) is 9.93. The topological polar surface area (TPSA) is 56.8 Å². The summed E-state index contributed by atoms with van der Waals surface area (Å²) < 4.78 is 16.6. The zero-order valence-electron chi connectivity index (χ0n) is 9.93. The van der Waals surface area contributed by atoms with Gasteiger partial charge in [-0.3, -0.25) is 4.79 Å². The van der Waals surface area contributed by atoms with Crippen LogP contribution in [0.15, 0.2) is 0 Å². The number of rotatable bonds is 2. The van der Waals surface area contributed by atoms with Crippen LogP contribution in [0.2, 0.25) is 0 Å². The van der Waals surface area contributed by atoms with E-state index in [0.29, 0.717) is 6.42 Å². The molecule has 0 spiro atoms. The highest BCUT2D eigenvalue weighted by molar-refractivity contribution is 5.78. The van der Waals surface area contributed by atoms with Gasteiger partial charge in [0, 0.05) is 6.42 Å². The molecule has 16 heavy (non-hydrogen) atoms. The summed E-state index contributed by atoms with van der Waals surface area (Å²) in [5.41, 5.74) is 0. The molecule has 2 saturated heterocycles. The first-order valence-electron chi connectivity index (χ1n) is 5.78. The minimum Gasteiger partial charge on any atom is -0.367 e. The van der Waals surface area contributed by atoms with Gasteiger partial charge in [0.15, 0.2) is 6.29 Å². The van der Waals surface area contributed by atoms with Gasteiger partial charge in [-0.05, 0) is 20.8 Å². The Morgan fingerprint density at radius 2 is 1.81 bits per heavy atom. The molecular weight excluding hydrogens is 210 g/mol. The third kappa shape index (κ3) is 2.53. The van der Waals surface area contributed by atoms with Gasteiger partial charge in [0.1, 0.15) is 6.61 Å². The number of hydrogen-bond acceptors (Lipinski definition) is 4. The molecule has 1 amide bonds. The fraction of sp³-hybridized carbons (Fsp3) is 0.909. The van der Waals surface area contributed by atoms with Crippen LogP contribution in [0.4, 0.5) is 0 Å². The van der Waals surface area contributed by atoms with E-state index in [1.165, 1.54) is 0 Å². The molecule has 0 aliphatic carbocycles. The molecule has 0 aromatic rings. The second kappa shape index (κ2) is 4.69. The van der Waals surface area contributed by atoms with Crippen LogP contribution in [0.1, 0.15) is 27.2 Å². The Kier molecular flexibility index (Phi) is 3.47. The average Bonchev–Trinajstić information content (AvgIpc) is 2.52. The van der Waals surface area contributed by atoms with Crippen molar-refractivity contribution in [3.05, 3.63) is 0 Å². The predicted octanol–water partition coefficient (Wildman–Crippen LogP) is 0.430. The summed E-state index contributed by atoms with van der Waals surface area (Å²) in [7, 11) is 0. The Hall–Kier alpha value is -0.650.